The van der Waals surface area contributed by atoms with Gasteiger partial charge in [0, 0.05) is 12.1 Å². The molecule has 0 aliphatic heterocycles. The highest BCUT2D eigenvalue weighted by Gasteiger charge is 2.37. The van der Waals surface area contributed by atoms with Crippen LogP contribution in [0.1, 0.15) is 42.4 Å². The van der Waals surface area contributed by atoms with Crippen molar-refractivity contribution in [3.8, 4) is 0 Å². The van der Waals surface area contributed by atoms with Gasteiger partial charge in [0.25, 0.3) is 0 Å². The average Bonchev–Trinajstić information content (AvgIpc) is 2.81. The molecule has 1 saturated carbocycles. The van der Waals surface area contributed by atoms with Crippen LogP contribution in [0.5, 0.6) is 0 Å². The largest absolute Gasteiger partial charge is 0.358 e. The van der Waals surface area contributed by atoms with Gasteiger partial charge in [-0.3, -0.25) is 0 Å². The molecular formula is C26H29N3S. The second-order valence-electron chi connectivity index (χ2n) is 8.00. The van der Waals surface area contributed by atoms with Gasteiger partial charge < -0.3 is 16.4 Å². The number of benzene rings is 3. The minimum absolute atomic E-state index is 0.137. The Morgan fingerprint density at radius 1 is 0.733 bits per heavy atom. The van der Waals surface area contributed by atoms with Crippen molar-refractivity contribution >= 4 is 17.3 Å². The molecule has 4 rings (SSSR count). The highest BCUT2D eigenvalue weighted by atomic mass is 32.1. The van der Waals surface area contributed by atoms with Gasteiger partial charge in [-0.05, 0) is 41.7 Å². The third-order valence-electron chi connectivity index (χ3n) is 6.06. The number of hydrogen-bond donors (Lipinski definition) is 3. The first-order valence-corrected chi connectivity index (χ1v) is 11.1. The molecule has 4 N–H and O–H groups in total. The predicted octanol–water partition coefficient (Wildman–Crippen LogP) is 4.71. The van der Waals surface area contributed by atoms with Crippen molar-refractivity contribution < 1.29 is 0 Å². The van der Waals surface area contributed by atoms with Gasteiger partial charge in [0.05, 0.1) is 0 Å². The molecule has 1 aliphatic rings. The predicted molar refractivity (Wildman–Crippen MR) is 128 cm³/mol. The fourth-order valence-electron chi connectivity index (χ4n) is 4.49. The summed E-state index contributed by atoms with van der Waals surface area (Å²) in [7, 11) is 0. The summed E-state index contributed by atoms with van der Waals surface area (Å²) in [6.07, 6.45) is 4.48. The minimum Gasteiger partial charge on any atom is -0.358 e. The minimum atomic E-state index is -0.605. The maximum Gasteiger partial charge on any atom is 0.167 e. The lowest BCUT2D eigenvalue weighted by atomic mass is 9.77. The molecule has 1 fully saturated rings. The van der Waals surface area contributed by atoms with E-state index in [1.165, 1.54) is 12.8 Å². The monoisotopic (exact) mass is 415 g/mol. The van der Waals surface area contributed by atoms with E-state index in [0.717, 1.165) is 29.5 Å². The van der Waals surface area contributed by atoms with Gasteiger partial charge in [-0.15, -0.1) is 0 Å². The van der Waals surface area contributed by atoms with Crippen LogP contribution in [-0.2, 0) is 5.54 Å². The van der Waals surface area contributed by atoms with E-state index in [9.17, 15) is 0 Å². The van der Waals surface area contributed by atoms with E-state index < -0.39 is 5.54 Å². The molecule has 1 aliphatic carbocycles. The first kappa shape index (κ1) is 20.6. The molecule has 3 aromatic carbocycles. The van der Waals surface area contributed by atoms with E-state index in [4.69, 9.17) is 18.0 Å². The standard InChI is InChI=1S/C26H29N3S/c27-23-18-10-11-19-24(23)28-25(30)29-26(20-12-4-1-5-13-20,21-14-6-2-7-15-21)22-16-8-3-9-17-22/h1-9,12-17,23-24H,10-11,18-19,27H2,(H2,28,29,30)/t23-,24-/m1/s1. The maximum absolute atomic E-state index is 6.37. The van der Waals surface area contributed by atoms with E-state index in [-0.39, 0.29) is 12.1 Å². The Balaban J connectivity index is 1.77. The summed E-state index contributed by atoms with van der Waals surface area (Å²) in [5.74, 6) is 0. The second-order valence-corrected chi connectivity index (χ2v) is 8.41. The van der Waals surface area contributed by atoms with E-state index in [0.29, 0.717) is 5.11 Å². The molecule has 0 unspecified atom stereocenters. The smallest absolute Gasteiger partial charge is 0.167 e. The van der Waals surface area contributed by atoms with Gasteiger partial charge in [0.1, 0.15) is 5.54 Å². The van der Waals surface area contributed by atoms with Crippen LogP contribution in [0.3, 0.4) is 0 Å². The Kier molecular flexibility index (Phi) is 6.46. The van der Waals surface area contributed by atoms with Gasteiger partial charge in [-0.25, -0.2) is 0 Å². The quantitative estimate of drug-likeness (QED) is 0.417. The van der Waals surface area contributed by atoms with Crippen molar-refractivity contribution in [1.29, 1.82) is 0 Å². The molecule has 30 heavy (non-hydrogen) atoms. The Morgan fingerprint density at radius 2 is 1.17 bits per heavy atom. The van der Waals surface area contributed by atoms with Gasteiger partial charge in [0.15, 0.2) is 5.11 Å². The van der Waals surface area contributed by atoms with Crippen molar-refractivity contribution in [2.45, 2.75) is 43.3 Å². The summed E-state index contributed by atoms with van der Waals surface area (Å²) in [6, 6.07) is 31.9. The van der Waals surface area contributed by atoms with Crippen molar-refractivity contribution in [2.24, 2.45) is 5.73 Å². The Morgan fingerprint density at radius 3 is 1.60 bits per heavy atom. The van der Waals surface area contributed by atoms with Gasteiger partial charge in [0.2, 0.25) is 0 Å². The van der Waals surface area contributed by atoms with Crippen LogP contribution in [0.25, 0.3) is 0 Å². The Labute approximate surface area is 184 Å². The number of thiocarbonyl (C=S) groups is 1. The molecule has 0 bridgehead atoms. The van der Waals surface area contributed by atoms with Crippen LogP contribution in [0, 0.1) is 0 Å². The fourth-order valence-corrected chi connectivity index (χ4v) is 4.80. The second kappa shape index (κ2) is 9.41. The van der Waals surface area contributed by atoms with Crippen LogP contribution in [0.4, 0.5) is 0 Å². The molecule has 0 saturated heterocycles. The lowest BCUT2D eigenvalue weighted by Gasteiger charge is -2.39. The van der Waals surface area contributed by atoms with Crippen LogP contribution < -0.4 is 16.4 Å². The van der Waals surface area contributed by atoms with Crippen molar-refractivity contribution in [3.05, 3.63) is 108 Å². The summed E-state index contributed by atoms with van der Waals surface area (Å²) in [5.41, 5.74) is 9.19. The molecule has 0 heterocycles. The summed E-state index contributed by atoms with van der Waals surface area (Å²) in [5, 5.41) is 7.87. The molecule has 0 aromatic heterocycles. The van der Waals surface area contributed by atoms with E-state index in [2.05, 4.69) is 83.4 Å². The van der Waals surface area contributed by atoms with Crippen LogP contribution in [-0.4, -0.2) is 17.2 Å². The summed E-state index contributed by atoms with van der Waals surface area (Å²) in [4.78, 5) is 0. The zero-order valence-corrected chi connectivity index (χ0v) is 17.9. The highest BCUT2D eigenvalue weighted by Crippen LogP contribution is 2.36. The molecule has 3 nitrogen and oxygen atoms in total. The normalized spacial score (nSPS) is 19.1. The maximum atomic E-state index is 6.37. The number of nitrogens with two attached hydrogens (primary N) is 1. The lowest BCUT2D eigenvalue weighted by Crippen LogP contribution is -2.57. The Hall–Kier alpha value is -2.69. The van der Waals surface area contributed by atoms with Gasteiger partial charge in [-0.1, -0.05) is 104 Å². The van der Waals surface area contributed by atoms with E-state index >= 15 is 0 Å². The molecule has 0 amide bonds. The summed E-state index contributed by atoms with van der Waals surface area (Å²) in [6.45, 7) is 0. The summed E-state index contributed by atoms with van der Waals surface area (Å²) >= 11 is 5.86. The van der Waals surface area contributed by atoms with Crippen molar-refractivity contribution in [1.82, 2.24) is 10.6 Å². The SMILES string of the molecule is N[C@@H]1CCCC[C@H]1NC(=S)NC(c1ccccc1)(c1ccccc1)c1ccccc1. The van der Waals surface area contributed by atoms with Crippen molar-refractivity contribution in [2.75, 3.05) is 0 Å². The fraction of sp³-hybridized carbons (Fsp3) is 0.269. The number of nitrogens with one attached hydrogen (secondary N) is 2. The molecule has 0 spiro atoms. The van der Waals surface area contributed by atoms with Crippen LogP contribution in [0.2, 0.25) is 0 Å². The Bertz CT molecular complexity index is 847. The number of rotatable bonds is 5. The molecule has 154 valence electrons. The zero-order chi connectivity index (χ0) is 20.8. The van der Waals surface area contributed by atoms with Gasteiger partial charge >= 0.3 is 0 Å². The molecule has 2 atom stereocenters. The first-order valence-electron chi connectivity index (χ1n) is 10.7. The zero-order valence-electron chi connectivity index (χ0n) is 17.1. The summed E-state index contributed by atoms with van der Waals surface area (Å²) < 4.78 is 0. The van der Waals surface area contributed by atoms with Crippen LogP contribution >= 0.6 is 12.2 Å². The van der Waals surface area contributed by atoms with Crippen LogP contribution in [0.15, 0.2) is 91.0 Å². The third kappa shape index (κ3) is 4.25. The van der Waals surface area contributed by atoms with Gasteiger partial charge in [-0.2, -0.15) is 0 Å². The van der Waals surface area contributed by atoms with E-state index in [1.54, 1.807) is 0 Å². The van der Waals surface area contributed by atoms with E-state index in [1.807, 2.05) is 18.2 Å². The molecule has 4 heteroatoms. The highest BCUT2D eigenvalue weighted by molar-refractivity contribution is 7.80. The lowest BCUT2D eigenvalue weighted by molar-refractivity contribution is 0.357. The third-order valence-corrected chi connectivity index (χ3v) is 6.28. The molecular weight excluding hydrogens is 386 g/mol. The average molecular weight is 416 g/mol. The topological polar surface area (TPSA) is 50.1 Å². The molecule has 0 radical (unpaired) electrons. The first-order chi connectivity index (χ1) is 14.7. The van der Waals surface area contributed by atoms with Crippen molar-refractivity contribution in [3.63, 3.8) is 0 Å². The molecule has 3 aromatic rings. The number of hydrogen-bond acceptors (Lipinski definition) is 2.